The first-order valence-electron chi connectivity index (χ1n) is 5.83. The maximum atomic E-state index is 11.8. The van der Waals surface area contributed by atoms with E-state index in [9.17, 15) is 4.79 Å². The number of nitrogens with zero attached hydrogens (tertiary/aromatic N) is 1. The average Bonchev–Trinajstić information content (AvgIpc) is 2.91. The molecule has 19 heavy (non-hydrogen) atoms. The summed E-state index contributed by atoms with van der Waals surface area (Å²) in [5, 5.41) is 5.65. The molecule has 6 heteroatoms. The fraction of sp³-hybridized carbons (Fsp3) is 0.231. The van der Waals surface area contributed by atoms with Gasteiger partial charge in [-0.1, -0.05) is 17.8 Å². The maximum absolute atomic E-state index is 11.8. The molecule has 1 atom stereocenters. The van der Waals surface area contributed by atoms with Crippen LogP contribution in [0.3, 0.4) is 0 Å². The molecular weight excluding hydrogens is 278 g/mol. The summed E-state index contributed by atoms with van der Waals surface area (Å²) in [7, 11) is 0. The predicted molar refractivity (Wildman–Crippen MR) is 80.3 cm³/mol. The maximum Gasteiger partial charge on any atom is 0.230 e. The summed E-state index contributed by atoms with van der Waals surface area (Å²) < 4.78 is 0. The van der Waals surface area contributed by atoms with Crippen molar-refractivity contribution in [1.82, 2.24) is 10.3 Å². The molecule has 3 N–H and O–H groups in total. The van der Waals surface area contributed by atoms with E-state index < -0.39 is 0 Å². The van der Waals surface area contributed by atoms with Crippen LogP contribution in [-0.2, 0) is 4.79 Å². The molecule has 0 saturated carbocycles. The summed E-state index contributed by atoms with van der Waals surface area (Å²) in [6, 6.07) is 7.58. The van der Waals surface area contributed by atoms with Crippen molar-refractivity contribution in [2.45, 2.75) is 18.0 Å². The Hall–Kier alpha value is -1.53. The standard InChI is InChI=1S/C13H15N3OS2/c1-9(11-5-3-7-18-11)16-12(17)8-19-13-10(14)4-2-6-15-13/h2-7,9H,8,14H2,1H3,(H,16,17). The number of nitrogens with two attached hydrogens (primary N) is 1. The molecule has 4 nitrogen and oxygen atoms in total. The van der Waals surface area contributed by atoms with Gasteiger partial charge < -0.3 is 11.1 Å². The van der Waals surface area contributed by atoms with Crippen LogP contribution in [0.2, 0.25) is 0 Å². The minimum absolute atomic E-state index is 0.0176. The molecule has 2 heterocycles. The van der Waals surface area contributed by atoms with Crippen LogP contribution in [0.25, 0.3) is 0 Å². The van der Waals surface area contributed by atoms with Crippen LogP contribution >= 0.6 is 23.1 Å². The van der Waals surface area contributed by atoms with Gasteiger partial charge in [-0.05, 0) is 30.5 Å². The predicted octanol–water partition coefficient (Wildman–Crippen LogP) is 2.69. The molecule has 1 unspecified atom stereocenters. The number of nitrogens with one attached hydrogen (secondary N) is 1. The minimum atomic E-state index is -0.0176. The van der Waals surface area contributed by atoms with Crippen molar-refractivity contribution in [2.75, 3.05) is 11.5 Å². The number of anilines is 1. The van der Waals surface area contributed by atoms with Crippen LogP contribution < -0.4 is 11.1 Å². The van der Waals surface area contributed by atoms with Crippen LogP contribution in [-0.4, -0.2) is 16.6 Å². The summed E-state index contributed by atoms with van der Waals surface area (Å²) in [6.07, 6.45) is 1.67. The van der Waals surface area contributed by atoms with Crippen molar-refractivity contribution in [2.24, 2.45) is 0 Å². The molecule has 0 bridgehead atoms. The van der Waals surface area contributed by atoms with Crippen LogP contribution in [0, 0.1) is 0 Å². The van der Waals surface area contributed by atoms with Crippen LogP contribution in [0.4, 0.5) is 5.69 Å². The fourth-order valence-corrected chi connectivity index (χ4v) is 3.01. The van der Waals surface area contributed by atoms with Crippen molar-refractivity contribution < 1.29 is 4.79 Å². The first kappa shape index (κ1) is 13.9. The number of carbonyl (C=O) groups excluding carboxylic acids is 1. The fourth-order valence-electron chi connectivity index (χ4n) is 1.55. The van der Waals surface area contributed by atoms with Crippen molar-refractivity contribution in [3.05, 3.63) is 40.7 Å². The monoisotopic (exact) mass is 293 g/mol. The molecule has 2 rings (SSSR count). The van der Waals surface area contributed by atoms with Crippen molar-refractivity contribution in [3.63, 3.8) is 0 Å². The number of hydrogen-bond acceptors (Lipinski definition) is 5. The molecule has 0 aliphatic heterocycles. The van der Waals surface area contributed by atoms with E-state index in [0.717, 1.165) is 4.88 Å². The van der Waals surface area contributed by atoms with Crippen molar-refractivity contribution >= 4 is 34.7 Å². The van der Waals surface area contributed by atoms with Crippen LogP contribution in [0.1, 0.15) is 17.8 Å². The minimum Gasteiger partial charge on any atom is -0.397 e. The third-order valence-corrected chi connectivity index (χ3v) is 4.56. The van der Waals surface area contributed by atoms with Gasteiger partial charge in [0.25, 0.3) is 0 Å². The number of aromatic nitrogens is 1. The largest absolute Gasteiger partial charge is 0.397 e. The first-order valence-corrected chi connectivity index (χ1v) is 7.69. The lowest BCUT2D eigenvalue weighted by molar-refractivity contribution is -0.119. The van der Waals surface area contributed by atoms with Gasteiger partial charge in [0.15, 0.2) is 0 Å². The molecule has 1 amide bonds. The zero-order valence-corrected chi connectivity index (χ0v) is 12.1. The third kappa shape index (κ3) is 3.97. The summed E-state index contributed by atoms with van der Waals surface area (Å²) in [6.45, 7) is 1.98. The smallest absolute Gasteiger partial charge is 0.230 e. The molecule has 100 valence electrons. The van der Waals surface area contributed by atoms with E-state index in [1.54, 1.807) is 29.7 Å². The molecule has 2 aromatic rings. The molecule has 0 aliphatic carbocycles. The Morgan fingerprint density at radius 3 is 3.05 bits per heavy atom. The van der Waals surface area contributed by atoms with Gasteiger partial charge >= 0.3 is 0 Å². The van der Waals surface area contributed by atoms with E-state index in [0.29, 0.717) is 16.5 Å². The molecule has 0 saturated heterocycles. The summed E-state index contributed by atoms with van der Waals surface area (Å²) in [4.78, 5) is 17.1. The normalized spacial score (nSPS) is 12.1. The summed E-state index contributed by atoms with van der Waals surface area (Å²) in [5.41, 5.74) is 6.38. The van der Waals surface area contributed by atoms with Gasteiger partial charge in [0.2, 0.25) is 5.91 Å². The zero-order valence-electron chi connectivity index (χ0n) is 10.5. The average molecular weight is 293 g/mol. The molecule has 0 aliphatic rings. The third-order valence-electron chi connectivity index (χ3n) is 2.49. The van der Waals surface area contributed by atoms with Crippen molar-refractivity contribution in [1.29, 1.82) is 0 Å². The van der Waals surface area contributed by atoms with Gasteiger partial charge in [-0.15, -0.1) is 11.3 Å². The highest BCUT2D eigenvalue weighted by Crippen LogP contribution is 2.22. The zero-order chi connectivity index (χ0) is 13.7. The van der Waals surface area contributed by atoms with E-state index >= 15 is 0 Å². The SMILES string of the molecule is CC(NC(=O)CSc1ncccc1N)c1cccs1. The lowest BCUT2D eigenvalue weighted by atomic mass is 10.3. The Morgan fingerprint density at radius 2 is 2.37 bits per heavy atom. The van der Waals surface area contributed by atoms with E-state index in [-0.39, 0.29) is 11.9 Å². The van der Waals surface area contributed by atoms with Gasteiger partial charge in [0, 0.05) is 11.1 Å². The highest BCUT2D eigenvalue weighted by molar-refractivity contribution is 8.00. The molecule has 0 radical (unpaired) electrons. The van der Waals surface area contributed by atoms with E-state index in [4.69, 9.17) is 5.73 Å². The Balaban J connectivity index is 1.84. The lowest BCUT2D eigenvalue weighted by Crippen LogP contribution is -2.27. The van der Waals surface area contributed by atoms with Gasteiger partial charge in [-0.2, -0.15) is 0 Å². The quantitative estimate of drug-likeness (QED) is 0.832. The second kappa shape index (κ2) is 6.58. The van der Waals surface area contributed by atoms with Gasteiger partial charge in [0.1, 0.15) is 5.03 Å². The highest BCUT2D eigenvalue weighted by atomic mass is 32.2. The number of amides is 1. The Morgan fingerprint density at radius 1 is 1.53 bits per heavy atom. The number of pyridine rings is 1. The molecule has 0 fully saturated rings. The number of carbonyl (C=O) groups is 1. The van der Waals surface area contributed by atoms with E-state index in [2.05, 4.69) is 10.3 Å². The molecule has 2 aromatic heterocycles. The van der Waals surface area contributed by atoms with Gasteiger partial charge in [-0.3, -0.25) is 4.79 Å². The summed E-state index contributed by atoms with van der Waals surface area (Å²) in [5.74, 6) is 0.299. The number of rotatable bonds is 5. The molecule has 0 aromatic carbocycles. The van der Waals surface area contributed by atoms with Crippen LogP contribution in [0.15, 0.2) is 40.9 Å². The second-order valence-electron chi connectivity index (χ2n) is 3.99. The lowest BCUT2D eigenvalue weighted by Gasteiger charge is -2.12. The second-order valence-corrected chi connectivity index (χ2v) is 5.93. The number of thioether (sulfide) groups is 1. The van der Waals surface area contributed by atoms with E-state index in [1.165, 1.54) is 11.8 Å². The number of thiophene rings is 1. The molecular formula is C13H15N3OS2. The first-order chi connectivity index (χ1) is 9.16. The Bertz CT molecular complexity index is 543. The number of nitrogen functional groups attached to an aromatic ring is 1. The van der Waals surface area contributed by atoms with Gasteiger partial charge in [0.05, 0.1) is 17.5 Å². The van der Waals surface area contributed by atoms with Gasteiger partial charge in [-0.25, -0.2) is 4.98 Å². The van der Waals surface area contributed by atoms with Crippen molar-refractivity contribution in [3.8, 4) is 0 Å². The molecule has 0 spiro atoms. The summed E-state index contributed by atoms with van der Waals surface area (Å²) >= 11 is 2.99. The van der Waals surface area contributed by atoms with Crippen LogP contribution in [0.5, 0.6) is 0 Å². The van der Waals surface area contributed by atoms with E-state index in [1.807, 2.05) is 24.4 Å². The number of hydrogen-bond donors (Lipinski definition) is 2. The topological polar surface area (TPSA) is 68.0 Å². The highest BCUT2D eigenvalue weighted by Gasteiger charge is 2.11. The Labute approximate surface area is 120 Å². The Kier molecular flexibility index (Phi) is 4.81.